The van der Waals surface area contributed by atoms with E-state index in [1.165, 1.54) is 6.92 Å². The predicted molar refractivity (Wildman–Crippen MR) is 87.0 cm³/mol. The Morgan fingerprint density at radius 2 is 2.09 bits per heavy atom. The smallest absolute Gasteiger partial charge is 0.231 e. The van der Waals surface area contributed by atoms with E-state index >= 15 is 0 Å². The van der Waals surface area contributed by atoms with Gasteiger partial charge in [0.1, 0.15) is 18.1 Å². The molecule has 0 aliphatic carbocycles. The first-order valence-electron chi connectivity index (χ1n) is 6.99. The number of ether oxygens (including phenoxy) is 2. The van der Waals surface area contributed by atoms with Crippen molar-refractivity contribution in [3.63, 3.8) is 0 Å². The lowest BCUT2D eigenvalue weighted by molar-refractivity contribution is -0.118. The number of fused-ring (bicyclic) bond motifs is 1. The predicted octanol–water partition coefficient (Wildman–Crippen LogP) is 3.92. The zero-order valence-electron chi connectivity index (χ0n) is 12.3. The van der Waals surface area contributed by atoms with E-state index in [-0.39, 0.29) is 23.9 Å². The van der Waals surface area contributed by atoms with Crippen LogP contribution in [0.2, 0.25) is 5.02 Å². The average molecular weight is 329 g/mol. The largest absolute Gasteiger partial charge is 0.486 e. The standard InChI is InChI=1S/C18H13ClO4/c1-11(20)10-22-14-5-6-15-16(9-14)23-17(18(15)21)8-12-3-2-4-13(19)7-12/h2-9H,10H2,1H3/b17-8-. The summed E-state index contributed by atoms with van der Waals surface area (Å²) < 4.78 is 10.9. The lowest BCUT2D eigenvalue weighted by Gasteiger charge is -2.04. The molecule has 2 aromatic carbocycles. The first kappa shape index (κ1) is 15.3. The molecule has 0 N–H and O–H groups in total. The summed E-state index contributed by atoms with van der Waals surface area (Å²) in [5.41, 5.74) is 1.25. The Bertz CT molecular complexity index is 824. The highest BCUT2D eigenvalue weighted by Gasteiger charge is 2.27. The molecule has 0 spiro atoms. The number of benzene rings is 2. The summed E-state index contributed by atoms with van der Waals surface area (Å²) in [6, 6.07) is 12.0. The van der Waals surface area contributed by atoms with Crippen molar-refractivity contribution in [2.45, 2.75) is 6.92 Å². The third-order valence-electron chi connectivity index (χ3n) is 3.23. The zero-order chi connectivity index (χ0) is 16.4. The molecule has 0 saturated heterocycles. The van der Waals surface area contributed by atoms with Crippen molar-refractivity contribution in [2.24, 2.45) is 0 Å². The van der Waals surface area contributed by atoms with Crippen LogP contribution in [0.25, 0.3) is 6.08 Å². The number of ketones is 2. The number of hydrogen-bond acceptors (Lipinski definition) is 4. The Labute approximate surface area is 138 Å². The van der Waals surface area contributed by atoms with Crippen molar-refractivity contribution in [3.8, 4) is 11.5 Å². The van der Waals surface area contributed by atoms with Gasteiger partial charge < -0.3 is 9.47 Å². The molecule has 5 heteroatoms. The Hall–Kier alpha value is -2.59. The molecule has 0 amide bonds. The van der Waals surface area contributed by atoms with E-state index in [1.54, 1.807) is 42.5 Å². The molecule has 3 rings (SSSR count). The van der Waals surface area contributed by atoms with Gasteiger partial charge in [-0.1, -0.05) is 23.7 Å². The molecule has 0 radical (unpaired) electrons. The Balaban J connectivity index is 1.85. The van der Waals surface area contributed by atoms with Crippen LogP contribution in [-0.2, 0) is 4.79 Å². The molecule has 0 saturated carbocycles. The number of halogens is 1. The van der Waals surface area contributed by atoms with Crippen molar-refractivity contribution >= 4 is 29.2 Å². The van der Waals surface area contributed by atoms with Crippen LogP contribution in [0.5, 0.6) is 11.5 Å². The first-order valence-corrected chi connectivity index (χ1v) is 7.37. The van der Waals surface area contributed by atoms with Crippen molar-refractivity contribution in [3.05, 3.63) is 64.4 Å². The number of hydrogen-bond donors (Lipinski definition) is 0. The monoisotopic (exact) mass is 328 g/mol. The van der Waals surface area contributed by atoms with E-state index in [4.69, 9.17) is 21.1 Å². The molecule has 1 heterocycles. The lowest BCUT2D eigenvalue weighted by Crippen LogP contribution is -2.06. The number of Topliss-reactive ketones (excluding diaryl/α,β-unsaturated/α-hetero) is 2. The summed E-state index contributed by atoms with van der Waals surface area (Å²) in [5, 5.41) is 0.585. The van der Waals surface area contributed by atoms with Gasteiger partial charge in [-0.05, 0) is 42.8 Å². The van der Waals surface area contributed by atoms with Gasteiger partial charge in [-0.2, -0.15) is 0 Å². The number of carbonyl (C=O) groups is 2. The minimum Gasteiger partial charge on any atom is -0.486 e. The molecule has 0 fully saturated rings. The Morgan fingerprint density at radius 3 is 2.83 bits per heavy atom. The second-order valence-corrected chi connectivity index (χ2v) is 5.58. The maximum atomic E-state index is 12.3. The maximum Gasteiger partial charge on any atom is 0.231 e. The molecule has 0 unspecified atom stereocenters. The van der Waals surface area contributed by atoms with Crippen LogP contribution in [0.4, 0.5) is 0 Å². The van der Waals surface area contributed by atoms with Crippen LogP contribution in [0.15, 0.2) is 48.2 Å². The van der Waals surface area contributed by atoms with Gasteiger partial charge >= 0.3 is 0 Å². The summed E-state index contributed by atoms with van der Waals surface area (Å²) in [6.07, 6.45) is 1.64. The van der Waals surface area contributed by atoms with Gasteiger partial charge in [0.15, 0.2) is 11.5 Å². The highest BCUT2D eigenvalue weighted by molar-refractivity contribution is 6.30. The number of carbonyl (C=O) groups excluding carboxylic acids is 2. The van der Waals surface area contributed by atoms with Gasteiger partial charge in [0.2, 0.25) is 5.78 Å². The van der Waals surface area contributed by atoms with E-state index in [2.05, 4.69) is 0 Å². The minimum atomic E-state index is -0.196. The van der Waals surface area contributed by atoms with Crippen LogP contribution in [0, 0.1) is 0 Å². The van der Waals surface area contributed by atoms with Gasteiger partial charge in [-0.25, -0.2) is 0 Å². The number of allylic oxidation sites excluding steroid dienone is 1. The molecule has 23 heavy (non-hydrogen) atoms. The molecular weight excluding hydrogens is 316 g/mol. The summed E-state index contributed by atoms with van der Waals surface area (Å²) in [7, 11) is 0. The molecule has 0 bridgehead atoms. The van der Waals surface area contributed by atoms with E-state index in [0.717, 1.165) is 5.56 Å². The van der Waals surface area contributed by atoms with E-state index < -0.39 is 0 Å². The number of rotatable bonds is 4. The quantitative estimate of drug-likeness (QED) is 0.798. The van der Waals surface area contributed by atoms with Crippen LogP contribution in [0.3, 0.4) is 0 Å². The first-order chi connectivity index (χ1) is 11.0. The minimum absolute atomic E-state index is 0.0159. The molecule has 116 valence electrons. The van der Waals surface area contributed by atoms with Crippen LogP contribution in [-0.4, -0.2) is 18.2 Å². The highest BCUT2D eigenvalue weighted by atomic mass is 35.5. The van der Waals surface area contributed by atoms with Crippen molar-refractivity contribution in [1.29, 1.82) is 0 Å². The second-order valence-electron chi connectivity index (χ2n) is 5.14. The fourth-order valence-electron chi connectivity index (χ4n) is 2.19. The van der Waals surface area contributed by atoms with Crippen LogP contribution < -0.4 is 9.47 Å². The summed E-state index contributed by atoms with van der Waals surface area (Å²) in [6.45, 7) is 1.43. The average Bonchev–Trinajstić information content (AvgIpc) is 2.81. The van der Waals surface area contributed by atoms with Crippen molar-refractivity contribution in [1.82, 2.24) is 0 Å². The summed E-state index contributed by atoms with van der Waals surface area (Å²) in [5.74, 6) is 0.855. The van der Waals surface area contributed by atoms with Gasteiger partial charge in [-0.3, -0.25) is 9.59 Å². The topological polar surface area (TPSA) is 52.6 Å². The Morgan fingerprint density at radius 1 is 1.26 bits per heavy atom. The summed E-state index contributed by atoms with van der Waals surface area (Å²) >= 11 is 5.94. The molecule has 1 aliphatic heterocycles. The summed E-state index contributed by atoms with van der Waals surface area (Å²) in [4.78, 5) is 23.3. The van der Waals surface area contributed by atoms with Gasteiger partial charge in [0.05, 0.1) is 5.56 Å². The van der Waals surface area contributed by atoms with E-state index in [0.29, 0.717) is 22.1 Å². The fraction of sp³-hybridized carbons (Fsp3) is 0.111. The van der Waals surface area contributed by atoms with E-state index in [9.17, 15) is 9.59 Å². The Kier molecular flexibility index (Phi) is 4.17. The zero-order valence-corrected chi connectivity index (χ0v) is 13.1. The molecule has 2 aromatic rings. The highest BCUT2D eigenvalue weighted by Crippen LogP contribution is 2.35. The van der Waals surface area contributed by atoms with E-state index in [1.807, 2.05) is 6.07 Å². The van der Waals surface area contributed by atoms with Crippen molar-refractivity contribution in [2.75, 3.05) is 6.61 Å². The van der Waals surface area contributed by atoms with Gasteiger partial charge in [0, 0.05) is 11.1 Å². The fourth-order valence-corrected chi connectivity index (χ4v) is 2.39. The van der Waals surface area contributed by atoms with Gasteiger partial charge in [-0.15, -0.1) is 0 Å². The molecule has 1 aliphatic rings. The van der Waals surface area contributed by atoms with Crippen LogP contribution in [0.1, 0.15) is 22.8 Å². The molecule has 4 nitrogen and oxygen atoms in total. The third-order valence-corrected chi connectivity index (χ3v) is 3.47. The van der Waals surface area contributed by atoms with Crippen LogP contribution >= 0.6 is 11.6 Å². The third kappa shape index (κ3) is 3.43. The maximum absolute atomic E-state index is 12.3. The van der Waals surface area contributed by atoms with Crippen molar-refractivity contribution < 1.29 is 19.1 Å². The van der Waals surface area contributed by atoms with Gasteiger partial charge in [0.25, 0.3) is 0 Å². The molecule has 0 aromatic heterocycles. The second kappa shape index (κ2) is 6.26. The molecule has 0 atom stereocenters. The SMILES string of the molecule is CC(=O)COc1ccc2c(c1)O/C(=C\c1cccc(Cl)c1)C2=O. The normalized spacial score (nSPS) is 14.5. The lowest BCUT2D eigenvalue weighted by atomic mass is 10.1. The molecular formula is C18H13ClO4.